The molecule has 1 rings (SSSR count). The van der Waals surface area contributed by atoms with Crippen LogP contribution in [0, 0.1) is 5.92 Å². The highest BCUT2D eigenvalue weighted by atomic mass is 79.9. The van der Waals surface area contributed by atoms with Gasteiger partial charge in [0.15, 0.2) is 0 Å². The van der Waals surface area contributed by atoms with Crippen LogP contribution in [0.15, 0.2) is 12.2 Å². The maximum atomic E-state index is 4.06. The van der Waals surface area contributed by atoms with E-state index < -0.39 is 0 Å². The van der Waals surface area contributed by atoms with Gasteiger partial charge < -0.3 is 4.90 Å². The lowest BCUT2D eigenvalue weighted by Gasteiger charge is -2.29. The Labute approximate surface area is 77.6 Å². The van der Waals surface area contributed by atoms with Crippen molar-refractivity contribution < 1.29 is 0 Å². The van der Waals surface area contributed by atoms with Crippen LogP contribution in [0.25, 0.3) is 0 Å². The fraction of sp³-hybridized carbons (Fsp3) is 0.778. The first-order chi connectivity index (χ1) is 5.24. The van der Waals surface area contributed by atoms with Crippen LogP contribution in [-0.2, 0) is 0 Å². The van der Waals surface area contributed by atoms with Crippen molar-refractivity contribution in [3.63, 3.8) is 0 Å². The molecular formula is C9H16BrN. The van der Waals surface area contributed by atoms with E-state index in [2.05, 4.69) is 34.5 Å². The van der Waals surface area contributed by atoms with Gasteiger partial charge in [0.05, 0.1) is 0 Å². The lowest BCUT2D eigenvalue weighted by molar-refractivity contribution is 0.239. The molecule has 0 unspecified atom stereocenters. The molecule has 0 aliphatic carbocycles. The van der Waals surface area contributed by atoms with Crippen molar-refractivity contribution in [2.75, 3.05) is 25.5 Å². The summed E-state index contributed by atoms with van der Waals surface area (Å²) in [4.78, 5) is 2.39. The van der Waals surface area contributed by atoms with Gasteiger partial charge in [0.25, 0.3) is 0 Å². The SMILES string of the molecule is C=C(CBr)C1CCN(C)CC1. The minimum atomic E-state index is 0.769. The Balaban J connectivity index is 2.33. The van der Waals surface area contributed by atoms with Gasteiger partial charge in [0.1, 0.15) is 0 Å². The second-order valence-corrected chi connectivity index (χ2v) is 3.93. The van der Waals surface area contributed by atoms with Crippen molar-refractivity contribution in [2.24, 2.45) is 5.92 Å². The van der Waals surface area contributed by atoms with E-state index >= 15 is 0 Å². The first-order valence-corrected chi connectivity index (χ1v) is 5.28. The number of likely N-dealkylation sites (tertiary alicyclic amines) is 1. The molecule has 1 aliphatic rings. The third-order valence-corrected chi connectivity index (χ3v) is 3.19. The molecule has 0 aromatic carbocycles. The zero-order valence-electron chi connectivity index (χ0n) is 7.15. The zero-order valence-corrected chi connectivity index (χ0v) is 8.73. The van der Waals surface area contributed by atoms with E-state index in [1.54, 1.807) is 0 Å². The van der Waals surface area contributed by atoms with Gasteiger partial charge in [-0.1, -0.05) is 28.1 Å². The van der Waals surface area contributed by atoms with Gasteiger partial charge in [-0.3, -0.25) is 0 Å². The molecule has 0 atom stereocenters. The average molecular weight is 218 g/mol. The topological polar surface area (TPSA) is 3.24 Å². The number of hydrogen-bond acceptors (Lipinski definition) is 1. The lowest BCUT2D eigenvalue weighted by atomic mass is 9.91. The molecule has 1 nitrogen and oxygen atoms in total. The number of piperidine rings is 1. The van der Waals surface area contributed by atoms with Crippen LogP contribution in [0.1, 0.15) is 12.8 Å². The summed E-state index contributed by atoms with van der Waals surface area (Å²) >= 11 is 3.45. The van der Waals surface area contributed by atoms with Crippen LogP contribution in [0.4, 0.5) is 0 Å². The van der Waals surface area contributed by atoms with Crippen LogP contribution in [0.5, 0.6) is 0 Å². The van der Waals surface area contributed by atoms with E-state index in [9.17, 15) is 0 Å². The summed E-state index contributed by atoms with van der Waals surface area (Å²) in [5, 5.41) is 0.974. The summed E-state index contributed by atoms with van der Waals surface area (Å²) < 4.78 is 0. The Kier molecular flexibility index (Phi) is 3.60. The number of allylic oxidation sites excluding steroid dienone is 1. The fourth-order valence-electron chi connectivity index (χ4n) is 1.53. The number of hydrogen-bond donors (Lipinski definition) is 0. The van der Waals surface area contributed by atoms with E-state index in [0.29, 0.717) is 0 Å². The van der Waals surface area contributed by atoms with Gasteiger partial charge in [0.2, 0.25) is 0 Å². The Bertz CT molecular complexity index is 136. The highest BCUT2D eigenvalue weighted by molar-refractivity contribution is 9.09. The van der Waals surface area contributed by atoms with Crippen molar-refractivity contribution in [2.45, 2.75) is 12.8 Å². The minimum absolute atomic E-state index is 0.769. The number of alkyl halides is 1. The molecule has 0 aromatic heterocycles. The molecular weight excluding hydrogens is 202 g/mol. The number of nitrogens with zero attached hydrogens (tertiary/aromatic N) is 1. The van der Waals surface area contributed by atoms with E-state index in [1.165, 1.54) is 31.5 Å². The van der Waals surface area contributed by atoms with Crippen LogP contribution in [-0.4, -0.2) is 30.4 Å². The molecule has 64 valence electrons. The average Bonchev–Trinajstić information content (AvgIpc) is 2.05. The molecule has 0 aromatic rings. The van der Waals surface area contributed by atoms with Gasteiger partial charge in [-0.05, 0) is 38.9 Å². The van der Waals surface area contributed by atoms with Gasteiger partial charge in [-0.25, -0.2) is 0 Å². The van der Waals surface area contributed by atoms with Crippen molar-refractivity contribution in [1.82, 2.24) is 4.90 Å². The van der Waals surface area contributed by atoms with Gasteiger partial charge >= 0.3 is 0 Å². The van der Waals surface area contributed by atoms with Crippen LogP contribution < -0.4 is 0 Å². The van der Waals surface area contributed by atoms with Gasteiger partial charge in [0, 0.05) is 5.33 Å². The third kappa shape index (κ3) is 2.60. The molecule has 1 aliphatic heterocycles. The molecule has 0 saturated carbocycles. The fourth-order valence-corrected chi connectivity index (χ4v) is 1.98. The molecule has 2 heteroatoms. The number of halogens is 1. The quantitative estimate of drug-likeness (QED) is 0.507. The summed E-state index contributed by atoms with van der Waals surface area (Å²) in [6, 6.07) is 0. The van der Waals surface area contributed by atoms with E-state index in [0.717, 1.165) is 11.2 Å². The van der Waals surface area contributed by atoms with Crippen molar-refractivity contribution >= 4 is 15.9 Å². The molecule has 0 amide bonds. The normalized spacial score (nSPS) is 22.0. The minimum Gasteiger partial charge on any atom is -0.306 e. The molecule has 1 saturated heterocycles. The first kappa shape index (κ1) is 9.27. The molecule has 1 heterocycles. The zero-order chi connectivity index (χ0) is 8.27. The predicted molar refractivity (Wildman–Crippen MR) is 53.2 cm³/mol. The molecule has 0 bridgehead atoms. The van der Waals surface area contributed by atoms with Crippen molar-refractivity contribution in [3.8, 4) is 0 Å². The van der Waals surface area contributed by atoms with Crippen molar-refractivity contribution in [3.05, 3.63) is 12.2 Å². The maximum Gasteiger partial charge on any atom is 0.0241 e. The largest absolute Gasteiger partial charge is 0.306 e. The molecule has 1 fully saturated rings. The summed E-state index contributed by atoms with van der Waals surface area (Å²) in [5.41, 5.74) is 1.37. The monoisotopic (exact) mass is 217 g/mol. The maximum absolute atomic E-state index is 4.06. The standard InChI is InChI=1S/C9H16BrN/c1-8(7-10)9-3-5-11(2)6-4-9/h9H,1,3-7H2,2H3. The Morgan fingerprint density at radius 3 is 2.55 bits per heavy atom. The Hall–Kier alpha value is 0.180. The highest BCUT2D eigenvalue weighted by Crippen LogP contribution is 2.23. The Morgan fingerprint density at radius 2 is 2.09 bits per heavy atom. The van der Waals surface area contributed by atoms with E-state index in [-0.39, 0.29) is 0 Å². The van der Waals surface area contributed by atoms with Crippen LogP contribution in [0.2, 0.25) is 0 Å². The van der Waals surface area contributed by atoms with Gasteiger partial charge in [-0.15, -0.1) is 0 Å². The molecule has 0 radical (unpaired) electrons. The van der Waals surface area contributed by atoms with Crippen LogP contribution in [0.3, 0.4) is 0 Å². The molecule has 0 N–H and O–H groups in total. The smallest absolute Gasteiger partial charge is 0.0241 e. The van der Waals surface area contributed by atoms with Gasteiger partial charge in [-0.2, -0.15) is 0 Å². The second-order valence-electron chi connectivity index (χ2n) is 3.37. The molecule has 0 spiro atoms. The van der Waals surface area contributed by atoms with Crippen molar-refractivity contribution in [1.29, 1.82) is 0 Å². The summed E-state index contributed by atoms with van der Waals surface area (Å²) in [6.45, 7) is 6.52. The lowest BCUT2D eigenvalue weighted by Crippen LogP contribution is -2.30. The van der Waals surface area contributed by atoms with Crippen LogP contribution >= 0.6 is 15.9 Å². The second kappa shape index (κ2) is 4.27. The predicted octanol–water partition coefficient (Wildman–Crippen LogP) is 2.28. The first-order valence-electron chi connectivity index (χ1n) is 4.16. The Morgan fingerprint density at radius 1 is 1.55 bits per heavy atom. The number of rotatable bonds is 2. The highest BCUT2D eigenvalue weighted by Gasteiger charge is 2.17. The van der Waals surface area contributed by atoms with E-state index in [1.807, 2.05) is 0 Å². The summed E-state index contributed by atoms with van der Waals surface area (Å²) in [6.07, 6.45) is 2.59. The summed E-state index contributed by atoms with van der Waals surface area (Å²) in [7, 11) is 2.19. The molecule has 11 heavy (non-hydrogen) atoms. The van der Waals surface area contributed by atoms with E-state index in [4.69, 9.17) is 0 Å². The third-order valence-electron chi connectivity index (χ3n) is 2.47. The summed E-state index contributed by atoms with van der Waals surface area (Å²) in [5.74, 6) is 0.769.